The molecule has 0 aliphatic carbocycles. The molecule has 0 aliphatic heterocycles. The summed E-state index contributed by atoms with van der Waals surface area (Å²) in [6.45, 7) is 3.14. The van der Waals surface area contributed by atoms with Crippen molar-refractivity contribution in [1.29, 1.82) is 0 Å². The van der Waals surface area contributed by atoms with Crippen LogP contribution in [0.1, 0.15) is 22.6 Å². The SMILES string of the molecule is CCCCNC(=S)NC.[HH].[HH]. The lowest BCUT2D eigenvalue weighted by Gasteiger charge is -2.04. The lowest BCUT2D eigenvalue weighted by atomic mass is 10.3. The van der Waals surface area contributed by atoms with Crippen LogP contribution in [-0.4, -0.2) is 18.7 Å². The van der Waals surface area contributed by atoms with Gasteiger partial charge >= 0.3 is 0 Å². The van der Waals surface area contributed by atoms with E-state index in [4.69, 9.17) is 12.2 Å². The summed E-state index contributed by atoms with van der Waals surface area (Å²) in [6.07, 6.45) is 2.39. The van der Waals surface area contributed by atoms with Crippen LogP contribution in [0, 0.1) is 0 Å². The fraction of sp³-hybridized carbons (Fsp3) is 0.833. The molecule has 0 bridgehead atoms. The van der Waals surface area contributed by atoms with E-state index in [0.29, 0.717) is 0 Å². The van der Waals surface area contributed by atoms with Crippen LogP contribution < -0.4 is 10.6 Å². The summed E-state index contributed by atoms with van der Waals surface area (Å²) in [7, 11) is 1.82. The molecule has 0 spiro atoms. The quantitative estimate of drug-likeness (QED) is 0.469. The molecule has 0 atom stereocenters. The van der Waals surface area contributed by atoms with Crippen molar-refractivity contribution in [2.24, 2.45) is 0 Å². The van der Waals surface area contributed by atoms with E-state index in [-0.39, 0.29) is 2.85 Å². The fourth-order valence-corrected chi connectivity index (χ4v) is 0.569. The van der Waals surface area contributed by atoms with E-state index >= 15 is 0 Å². The first-order chi connectivity index (χ1) is 4.31. The highest BCUT2D eigenvalue weighted by atomic mass is 32.1. The molecule has 0 radical (unpaired) electrons. The van der Waals surface area contributed by atoms with Crippen LogP contribution in [0.2, 0.25) is 0 Å². The third kappa shape index (κ3) is 5.56. The smallest absolute Gasteiger partial charge is 0.166 e. The minimum absolute atomic E-state index is 0. The minimum Gasteiger partial charge on any atom is -0.366 e. The van der Waals surface area contributed by atoms with Gasteiger partial charge in [-0.3, -0.25) is 0 Å². The molecule has 0 aromatic carbocycles. The topological polar surface area (TPSA) is 24.1 Å². The van der Waals surface area contributed by atoms with Crippen LogP contribution in [0.5, 0.6) is 0 Å². The maximum absolute atomic E-state index is 4.85. The molecule has 2 N–H and O–H groups in total. The summed E-state index contributed by atoms with van der Waals surface area (Å²) in [5.41, 5.74) is 0. The van der Waals surface area contributed by atoms with Gasteiger partial charge in [-0.2, -0.15) is 0 Å². The van der Waals surface area contributed by atoms with Crippen molar-refractivity contribution in [3.63, 3.8) is 0 Å². The summed E-state index contributed by atoms with van der Waals surface area (Å²) in [5, 5.41) is 6.64. The Kier molecular flexibility index (Phi) is 5.62. The Morgan fingerprint density at radius 3 is 2.78 bits per heavy atom. The summed E-state index contributed by atoms with van der Waals surface area (Å²) in [6, 6.07) is 0. The zero-order valence-corrected chi connectivity index (χ0v) is 6.85. The van der Waals surface area contributed by atoms with Crippen LogP contribution in [0.3, 0.4) is 0 Å². The highest BCUT2D eigenvalue weighted by Gasteiger charge is 1.86. The van der Waals surface area contributed by atoms with Crippen molar-refractivity contribution in [1.82, 2.24) is 10.6 Å². The second kappa shape index (κ2) is 5.82. The first-order valence-electron chi connectivity index (χ1n) is 3.26. The number of rotatable bonds is 3. The normalized spacial score (nSPS) is 8.67. The van der Waals surface area contributed by atoms with Crippen molar-refractivity contribution in [2.75, 3.05) is 13.6 Å². The van der Waals surface area contributed by atoms with Crippen molar-refractivity contribution in [2.45, 2.75) is 19.8 Å². The third-order valence-corrected chi connectivity index (χ3v) is 1.39. The molecule has 0 amide bonds. The lowest BCUT2D eigenvalue weighted by Crippen LogP contribution is -2.32. The summed E-state index contributed by atoms with van der Waals surface area (Å²) >= 11 is 4.85. The van der Waals surface area contributed by atoms with E-state index in [9.17, 15) is 0 Å². The average Bonchev–Trinajstić information content (AvgIpc) is 1.89. The second-order valence-corrected chi connectivity index (χ2v) is 2.27. The van der Waals surface area contributed by atoms with Gasteiger partial charge in [0.1, 0.15) is 0 Å². The largest absolute Gasteiger partial charge is 0.366 e. The van der Waals surface area contributed by atoms with Crippen molar-refractivity contribution < 1.29 is 2.85 Å². The maximum atomic E-state index is 4.85. The van der Waals surface area contributed by atoms with Gasteiger partial charge in [0, 0.05) is 16.4 Å². The van der Waals surface area contributed by atoms with Gasteiger partial charge in [0.25, 0.3) is 0 Å². The zero-order chi connectivity index (χ0) is 7.11. The molecule has 0 aromatic heterocycles. The minimum atomic E-state index is 0. The van der Waals surface area contributed by atoms with Gasteiger partial charge in [-0.25, -0.2) is 0 Å². The number of nitrogens with one attached hydrogen (secondary N) is 2. The summed E-state index contributed by atoms with van der Waals surface area (Å²) < 4.78 is 0. The van der Waals surface area contributed by atoms with Crippen LogP contribution in [0.4, 0.5) is 0 Å². The van der Waals surface area contributed by atoms with Gasteiger partial charge in [-0.15, -0.1) is 0 Å². The predicted molar refractivity (Wildman–Crippen MR) is 48.8 cm³/mol. The molecule has 0 aliphatic rings. The first kappa shape index (κ1) is 8.69. The fourth-order valence-electron chi connectivity index (χ4n) is 0.467. The van der Waals surface area contributed by atoms with Gasteiger partial charge < -0.3 is 10.6 Å². The summed E-state index contributed by atoms with van der Waals surface area (Å²) in [4.78, 5) is 0. The van der Waals surface area contributed by atoms with Crippen LogP contribution in [-0.2, 0) is 0 Å². The Balaban J connectivity index is -0.000000320. The maximum Gasteiger partial charge on any atom is 0.166 e. The van der Waals surface area contributed by atoms with Crippen LogP contribution >= 0.6 is 12.2 Å². The van der Waals surface area contributed by atoms with Crippen molar-refractivity contribution in [3.05, 3.63) is 0 Å². The molecule has 2 nitrogen and oxygen atoms in total. The van der Waals surface area contributed by atoms with Crippen molar-refractivity contribution in [3.8, 4) is 0 Å². The average molecular weight is 150 g/mol. The number of thiocarbonyl (C=S) groups is 1. The van der Waals surface area contributed by atoms with E-state index < -0.39 is 0 Å². The van der Waals surface area contributed by atoms with Crippen LogP contribution in [0.25, 0.3) is 0 Å². The highest BCUT2D eigenvalue weighted by molar-refractivity contribution is 7.80. The lowest BCUT2D eigenvalue weighted by molar-refractivity contribution is 0.749. The molecule has 9 heavy (non-hydrogen) atoms. The first-order valence-corrected chi connectivity index (χ1v) is 3.67. The zero-order valence-electron chi connectivity index (χ0n) is 6.03. The number of hydrogen-bond acceptors (Lipinski definition) is 1. The summed E-state index contributed by atoms with van der Waals surface area (Å²) in [5.74, 6) is 0. The van der Waals surface area contributed by atoms with E-state index in [1.54, 1.807) is 0 Å². The van der Waals surface area contributed by atoms with Crippen LogP contribution in [0.15, 0.2) is 0 Å². The molecule has 0 unspecified atom stereocenters. The van der Waals surface area contributed by atoms with E-state index in [2.05, 4.69) is 17.6 Å². The van der Waals surface area contributed by atoms with Crippen molar-refractivity contribution >= 4 is 17.3 Å². The van der Waals surface area contributed by atoms with Gasteiger partial charge in [-0.1, -0.05) is 13.3 Å². The highest BCUT2D eigenvalue weighted by Crippen LogP contribution is 1.81. The van der Waals surface area contributed by atoms with Gasteiger partial charge in [0.15, 0.2) is 5.11 Å². The van der Waals surface area contributed by atoms with Gasteiger partial charge in [-0.05, 0) is 18.6 Å². The molecule has 0 fully saturated rings. The van der Waals surface area contributed by atoms with Gasteiger partial charge in [0.05, 0.1) is 0 Å². The number of hydrogen-bond donors (Lipinski definition) is 2. The molecular weight excluding hydrogens is 132 g/mol. The Morgan fingerprint density at radius 2 is 2.33 bits per heavy atom. The Morgan fingerprint density at radius 1 is 1.67 bits per heavy atom. The Labute approximate surface area is 65.0 Å². The number of unbranched alkanes of at least 4 members (excludes halogenated alkanes) is 1. The van der Waals surface area contributed by atoms with Gasteiger partial charge in [0.2, 0.25) is 0 Å². The molecule has 0 aromatic rings. The monoisotopic (exact) mass is 150 g/mol. The van der Waals surface area contributed by atoms with E-state index in [1.165, 1.54) is 12.8 Å². The molecular formula is C6H18N2S. The standard InChI is InChI=1S/C6H14N2S.2H2/c1-3-4-5-8-6(9)7-2;;/h3-5H2,1-2H3,(H2,7,8,9);2*1H. The molecule has 0 rings (SSSR count). The Hall–Kier alpha value is -0.310. The third-order valence-electron chi connectivity index (χ3n) is 1.04. The van der Waals surface area contributed by atoms with E-state index in [1.807, 2.05) is 7.05 Å². The predicted octanol–water partition coefficient (Wildman–Crippen LogP) is 1.37. The molecule has 58 valence electrons. The van der Waals surface area contributed by atoms with E-state index in [0.717, 1.165) is 11.7 Å². The Bertz CT molecular complexity index is 90.7. The molecule has 0 saturated heterocycles. The second-order valence-electron chi connectivity index (χ2n) is 1.86. The molecule has 3 heteroatoms. The molecule has 0 heterocycles. The molecule has 0 saturated carbocycles.